The zero-order valence-electron chi connectivity index (χ0n) is 74.5. The highest BCUT2D eigenvalue weighted by atomic mass is 35.5. The molecule has 1 aliphatic heterocycles. The van der Waals surface area contributed by atoms with Crippen molar-refractivity contribution in [3.63, 3.8) is 0 Å². The predicted octanol–water partition coefficient (Wildman–Crippen LogP) is 10.9. The molecule has 5 aliphatic rings. The second-order valence-electron chi connectivity index (χ2n) is 34.0. The van der Waals surface area contributed by atoms with Crippen molar-refractivity contribution in [3.8, 4) is 0 Å². The van der Waals surface area contributed by atoms with Crippen LogP contribution in [0.3, 0.4) is 0 Å². The molecule has 17 rings (SSSR count). The maximum absolute atomic E-state index is 13.6. The molecule has 13 atom stereocenters. The molecular weight excluding hydrogens is 2080 g/mol. The van der Waals surface area contributed by atoms with E-state index in [1.807, 2.05) is 58.9 Å². The molecule has 750 valence electrons. The van der Waals surface area contributed by atoms with Crippen LogP contribution in [0.4, 0.5) is 17.5 Å². The molecule has 1 unspecified atom stereocenters. The smallest absolute Gasteiger partial charge is 0.333 e. The maximum Gasteiger partial charge on any atom is 0.333 e. The van der Waals surface area contributed by atoms with Crippen LogP contribution in [-0.4, -0.2) is 208 Å². The van der Waals surface area contributed by atoms with Crippen molar-refractivity contribution in [2.24, 2.45) is 50.1 Å². The van der Waals surface area contributed by atoms with Crippen molar-refractivity contribution >= 4 is 186 Å². The highest BCUT2D eigenvalue weighted by Crippen LogP contribution is 2.53. The topological polar surface area (TPSA) is 626 Å². The molecule has 1 saturated heterocycles. The third kappa shape index (κ3) is 29.1. The van der Waals surface area contributed by atoms with E-state index in [2.05, 4.69) is 83.6 Å². The van der Waals surface area contributed by atoms with E-state index in [4.69, 9.17) is 71.4 Å². The second kappa shape index (κ2) is 47.7. The number of carbonyl (C=O) groups excluding carboxylic acids is 6. The summed E-state index contributed by atoms with van der Waals surface area (Å²) in [5.74, 6) is -1.88. The van der Waals surface area contributed by atoms with Gasteiger partial charge in [0.05, 0.1) is 114 Å². The average Bonchev–Trinajstić information content (AvgIpc) is 1.58. The standard InChI is InChI=1S/C25H27ClN4O5S3.C22H20Cl2N4O6S2.C22H23ClN4O5S2.C22H22N4O7S/c26-18-4-1-3-16(8-18)25(5-2-6-37-25)17-9-22(36-13-17)23(32)20-11-28-14-29-24(20)30-19-7-15(21(31)10-19)12-35-38(27,33)34;23-13-3-1-2-11(4-13)19(30)15-7-18(35-21(15)24)20(31)16-8-26-10-27-22(16)28-14-5-12(17(29)6-14)9-34-36(25,32)33;23-17-3-14(7-25-8-17)1-15-6-21(33-11-15)22(29)18-9-26-12-27-19(18)4-13-2-16(20(28)5-13)10-32-34(24,30)31;23-34(30,31)33-11-14-6-16(8-18(14)27)26-22-17(9-24-12-25-22)21(29)19-7-15(10-32-19)20(28)13-4-2-1-3-5-13/h1,3-4,8-9,11,13-15,19,21,31H,2,5-7,10,12H2,(H2,27,33,34)(H,28,29,30);1-4,7-8,10,12,14,17,29H,5-6,9H2,(H2,25,32,33)(H,26,27,28);3,6-9,11-13,16,20,28H,1-2,4-5,10H2,(H2,24,30,31);1-5,7,9-10,12,14,16,18,27H,6,8,11H2,(H2,23,30,31)(H,24,25,26)/t15-,19-,21+,25?;12-,14-,17+;13-,16+,20-;14-,16-,18+/m1101/s1. The summed E-state index contributed by atoms with van der Waals surface area (Å²) in [5, 5.41) is 75.8. The van der Waals surface area contributed by atoms with Gasteiger partial charge in [0.2, 0.25) is 23.1 Å². The number of hydrogen-bond donors (Lipinski definition) is 11. The molecule has 0 bridgehead atoms. The summed E-state index contributed by atoms with van der Waals surface area (Å²) in [4.78, 5) is 117. The number of nitrogens with one attached hydrogen (secondary N) is 3. The number of thiophene rings is 3. The van der Waals surface area contributed by atoms with Gasteiger partial charge in [-0.25, -0.2) is 60.4 Å². The molecule has 3 aromatic carbocycles. The van der Waals surface area contributed by atoms with Crippen molar-refractivity contribution in [1.29, 1.82) is 0 Å². The summed E-state index contributed by atoms with van der Waals surface area (Å²) in [6.45, 7) is -0.895. The van der Waals surface area contributed by atoms with E-state index in [0.29, 0.717) is 110 Å². The summed E-state index contributed by atoms with van der Waals surface area (Å²) in [6.07, 6.45) is 18.5. The number of carbonyl (C=O) groups is 6. The van der Waals surface area contributed by atoms with Gasteiger partial charge in [-0.1, -0.05) is 101 Å². The summed E-state index contributed by atoms with van der Waals surface area (Å²) in [6, 6.07) is 30.5. The maximum atomic E-state index is 13.6. The molecule has 12 aromatic rings. The Balaban J connectivity index is 0.000000151. The van der Waals surface area contributed by atoms with E-state index in [1.165, 1.54) is 97.2 Å². The quantitative estimate of drug-likeness (QED) is 0.0162. The molecule has 4 aliphatic carbocycles. The lowest BCUT2D eigenvalue weighted by Crippen LogP contribution is -2.24. The number of hydrogen-bond acceptors (Lipinski definition) is 39. The van der Waals surface area contributed by atoms with Gasteiger partial charge >= 0.3 is 41.2 Å². The van der Waals surface area contributed by atoms with Crippen LogP contribution in [0.5, 0.6) is 0 Å². The zero-order valence-corrected chi connectivity index (χ0v) is 84.1. The lowest BCUT2D eigenvalue weighted by atomic mass is 9.88. The van der Waals surface area contributed by atoms with Gasteiger partial charge in [-0.2, -0.15) is 33.7 Å². The Morgan fingerprint density at radius 1 is 0.430 bits per heavy atom. The molecule has 4 saturated carbocycles. The van der Waals surface area contributed by atoms with Gasteiger partial charge in [0.25, 0.3) is 0 Å². The molecular formula is C91H92Cl4N16O23S8. The van der Waals surface area contributed by atoms with Crippen LogP contribution in [0, 0.1) is 29.6 Å². The van der Waals surface area contributed by atoms with Gasteiger partial charge in [0.1, 0.15) is 53.4 Å². The largest absolute Gasteiger partial charge is 0.460 e. The Labute approximate surface area is 851 Å². The zero-order chi connectivity index (χ0) is 102. The Hall–Kier alpha value is -10.2. The minimum absolute atomic E-state index is 0.0137. The molecule has 5 fully saturated rings. The van der Waals surface area contributed by atoms with E-state index in [1.54, 1.807) is 60.9 Å². The van der Waals surface area contributed by atoms with Crippen LogP contribution < -0.4 is 36.5 Å². The third-order valence-corrected chi connectivity index (χ3v) is 31.4. The Kier molecular flexibility index (Phi) is 36.1. The predicted molar refractivity (Wildman–Crippen MR) is 530 cm³/mol. The minimum atomic E-state index is -4.12. The number of rotatable bonds is 36. The van der Waals surface area contributed by atoms with E-state index >= 15 is 0 Å². The molecule has 0 spiro atoms. The van der Waals surface area contributed by atoms with E-state index in [0.717, 1.165) is 52.2 Å². The van der Waals surface area contributed by atoms with Crippen molar-refractivity contribution in [3.05, 3.63) is 301 Å². The first kappa shape index (κ1) is 108. The fourth-order valence-corrected chi connectivity index (χ4v) is 23.8. The van der Waals surface area contributed by atoms with Crippen LogP contribution >= 0.6 is 92.2 Å². The lowest BCUT2D eigenvalue weighted by Gasteiger charge is -2.28. The number of furan rings is 1. The molecule has 0 amide bonds. The summed E-state index contributed by atoms with van der Waals surface area (Å²) >= 11 is 30.2. The van der Waals surface area contributed by atoms with Crippen LogP contribution in [0.2, 0.25) is 19.4 Å². The highest BCUT2D eigenvalue weighted by molar-refractivity contribution is 8.00. The van der Waals surface area contributed by atoms with Crippen molar-refractivity contribution < 1.29 is 104 Å². The van der Waals surface area contributed by atoms with Gasteiger partial charge in [0.15, 0.2) is 17.3 Å². The number of pyridine rings is 1. The number of ketones is 6. The van der Waals surface area contributed by atoms with E-state index in [-0.39, 0.29) is 146 Å². The Bertz CT molecular complexity index is 7080. The highest BCUT2D eigenvalue weighted by Gasteiger charge is 2.43. The van der Waals surface area contributed by atoms with Gasteiger partial charge in [-0.15, -0.1) is 45.8 Å². The fourth-order valence-electron chi connectivity index (χ4n) is 17.2. The Morgan fingerprint density at radius 3 is 1.43 bits per heavy atom. The minimum Gasteiger partial charge on any atom is -0.460 e. The van der Waals surface area contributed by atoms with Crippen LogP contribution in [0.15, 0.2) is 193 Å². The molecule has 15 N–H and O–H groups in total. The first-order valence-corrected chi connectivity index (χ1v) is 54.5. The van der Waals surface area contributed by atoms with Gasteiger partial charge in [-0.05, 0) is 176 Å². The number of nitrogens with two attached hydrogens (primary N) is 4. The van der Waals surface area contributed by atoms with Crippen molar-refractivity contribution in [2.45, 2.75) is 124 Å². The molecule has 9 aromatic heterocycles. The molecule has 142 heavy (non-hydrogen) atoms. The third-order valence-electron chi connectivity index (χ3n) is 23.9. The number of halogens is 4. The number of aliphatic hydroxyl groups is 4. The Morgan fingerprint density at radius 2 is 0.908 bits per heavy atom. The van der Waals surface area contributed by atoms with Crippen molar-refractivity contribution in [1.82, 2.24) is 44.9 Å². The van der Waals surface area contributed by atoms with Crippen molar-refractivity contribution in [2.75, 3.05) is 48.1 Å². The lowest BCUT2D eigenvalue weighted by molar-refractivity contribution is 0.0998. The number of thioether (sulfide) groups is 1. The number of anilines is 3. The van der Waals surface area contributed by atoms with Crippen LogP contribution in [0.1, 0.15) is 186 Å². The first-order valence-electron chi connectivity index (χ1n) is 43.6. The fraction of sp³-hybridized carbons (Fsp3) is 0.330. The van der Waals surface area contributed by atoms with Gasteiger partial charge in [-0.3, -0.25) is 50.5 Å². The average molecular weight is 2180 g/mol. The van der Waals surface area contributed by atoms with Gasteiger partial charge < -0.3 is 40.8 Å². The molecule has 39 nitrogen and oxygen atoms in total. The number of nitrogens with zero attached hydrogens (tertiary/aromatic N) is 9. The van der Waals surface area contributed by atoms with Gasteiger partial charge in [0, 0.05) is 100 Å². The summed E-state index contributed by atoms with van der Waals surface area (Å²) in [5.41, 5.74) is 6.97. The molecule has 0 radical (unpaired) electrons. The van der Waals surface area contributed by atoms with E-state index in [9.17, 15) is 82.9 Å². The SMILES string of the molecule is NS(=O)(=O)OC[C@H]1C[C@@H](Cc2ncncc2C(=O)c2cc(Cc3cncc(Cl)c3)cs2)C[C@@H]1O.NS(=O)(=O)OC[C@H]1C[C@@H](Nc2ncncc2C(=O)c2cc(C(=O)c3cccc(Cl)c3)c(Cl)s2)C[C@@H]1O.NS(=O)(=O)OC[C@H]1C[C@@H](Nc2ncncc2C(=O)c2cc(C(=O)c3ccccc3)co2)C[C@@H]1O.NS(=O)(=O)OC[C@H]1C[C@@H](Nc2ncncc2C(=O)c2cc(C3(c4cccc(Cl)c4)CCCS3)cs2)C[C@@H]1O. The number of benzene rings is 3. The number of aliphatic hydroxyl groups excluding tert-OH is 4. The summed E-state index contributed by atoms with van der Waals surface area (Å²) < 4.78 is 112. The van der Waals surface area contributed by atoms with Crippen LogP contribution in [0.25, 0.3) is 0 Å². The first-order chi connectivity index (χ1) is 67.5. The second-order valence-corrected chi connectivity index (χ2v) is 45.0. The normalized spacial score (nSPS) is 21.6. The summed E-state index contributed by atoms with van der Waals surface area (Å²) in [7, 11) is -16.4. The monoisotopic (exact) mass is 2170 g/mol. The molecule has 10 heterocycles. The molecule has 51 heteroatoms. The number of aromatic nitrogens is 9. The van der Waals surface area contributed by atoms with E-state index < -0.39 is 95.0 Å². The van der Waals surface area contributed by atoms with Crippen LogP contribution in [-0.2, 0) is 75.5 Å².